The van der Waals surface area contributed by atoms with E-state index in [9.17, 15) is 18.7 Å². The SMILES string of the molecule is CC(C(=O)NCC(O)c1ccc(Cl)s1)c1c(F)cccc1F. The number of rotatable bonds is 5. The summed E-state index contributed by atoms with van der Waals surface area (Å²) in [5, 5.41) is 12.4. The van der Waals surface area contributed by atoms with Crippen LogP contribution in [0.2, 0.25) is 4.34 Å². The standard InChI is InChI=1S/C15H14ClF2NO2S/c1-8(14-9(17)3-2-4-10(14)18)15(21)19-7-11(20)12-5-6-13(16)22-12/h2-6,8,11,20H,7H2,1H3,(H,19,21). The topological polar surface area (TPSA) is 49.3 Å². The van der Waals surface area contributed by atoms with Crippen molar-refractivity contribution in [1.82, 2.24) is 5.32 Å². The van der Waals surface area contributed by atoms with Gasteiger partial charge in [-0.05, 0) is 31.2 Å². The smallest absolute Gasteiger partial charge is 0.227 e. The normalized spacial score (nSPS) is 13.7. The predicted octanol–water partition coefficient (Wildman–Crippen LogP) is 3.63. The van der Waals surface area contributed by atoms with Gasteiger partial charge in [-0.3, -0.25) is 4.79 Å². The number of halogens is 3. The minimum absolute atomic E-state index is 0.0594. The second kappa shape index (κ2) is 7.17. The van der Waals surface area contributed by atoms with Gasteiger partial charge in [0.05, 0.1) is 10.3 Å². The fraction of sp³-hybridized carbons (Fsp3) is 0.267. The number of aliphatic hydroxyl groups is 1. The molecule has 0 saturated carbocycles. The Balaban J connectivity index is 2.00. The maximum Gasteiger partial charge on any atom is 0.227 e. The fourth-order valence-corrected chi connectivity index (χ4v) is 3.06. The monoisotopic (exact) mass is 345 g/mol. The van der Waals surface area contributed by atoms with Gasteiger partial charge in [-0.2, -0.15) is 0 Å². The minimum atomic E-state index is -1.000. The van der Waals surface area contributed by atoms with Gasteiger partial charge in [0.1, 0.15) is 17.7 Å². The molecule has 2 atom stereocenters. The van der Waals surface area contributed by atoms with Crippen LogP contribution in [0.3, 0.4) is 0 Å². The Kier molecular flexibility index (Phi) is 5.50. The van der Waals surface area contributed by atoms with E-state index in [-0.39, 0.29) is 12.1 Å². The summed E-state index contributed by atoms with van der Waals surface area (Å²) in [6.07, 6.45) is -0.917. The molecule has 0 aliphatic rings. The van der Waals surface area contributed by atoms with Gasteiger partial charge < -0.3 is 10.4 Å². The van der Waals surface area contributed by atoms with Crippen LogP contribution in [-0.4, -0.2) is 17.6 Å². The molecule has 2 unspecified atom stereocenters. The van der Waals surface area contributed by atoms with E-state index >= 15 is 0 Å². The van der Waals surface area contributed by atoms with Crippen molar-refractivity contribution < 1.29 is 18.7 Å². The van der Waals surface area contributed by atoms with Gasteiger partial charge in [-0.25, -0.2) is 8.78 Å². The zero-order chi connectivity index (χ0) is 16.3. The molecule has 0 bridgehead atoms. The first-order chi connectivity index (χ1) is 10.4. The lowest BCUT2D eigenvalue weighted by Gasteiger charge is -2.16. The molecule has 1 aromatic carbocycles. The number of carbonyl (C=O) groups excluding carboxylic acids is 1. The van der Waals surface area contributed by atoms with Gasteiger partial charge in [-0.15, -0.1) is 11.3 Å². The summed E-state index contributed by atoms with van der Waals surface area (Å²) in [5.41, 5.74) is -0.284. The predicted molar refractivity (Wildman–Crippen MR) is 82.1 cm³/mol. The maximum absolute atomic E-state index is 13.6. The van der Waals surface area contributed by atoms with Gasteiger partial charge in [0.25, 0.3) is 0 Å². The summed E-state index contributed by atoms with van der Waals surface area (Å²) >= 11 is 6.97. The Morgan fingerprint density at radius 1 is 1.32 bits per heavy atom. The molecule has 2 N–H and O–H groups in total. The second-order valence-corrected chi connectivity index (χ2v) is 6.51. The Bertz CT molecular complexity index is 657. The summed E-state index contributed by atoms with van der Waals surface area (Å²) in [4.78, 5) is 12.6. The Morgan fingerprint density at radius 2 is 1.95 bits per heavy atom. The van der Waals surface area contributed by atoms with E-state index in [0.29, 0.717) is 9.21 Å². The molecule has 0 spiro atoms. The average Bonchev–Trinajstić information content (AvgIpc) is 2.90. The zero-order valence-corrected chi connectivity index (χ0v) is 13.2. The molecule has 2 aromatic rings. The first-order valence-electron chi connectivity index (χ1n) is 6.55. The first-order valence-corrected chi connectivity index (χ1v) is 7.74. The molecule has 0 aliphatic carbocycles. The Labute approximate surface area is 135 Å². The second-order valence-electron chi connectivity index (χ2n) is 4.76. The zero-order valence-electron chi connectivity index (χ0n) is 11.6. The molecule has 118 valence electrons. The summed E-state index contributed by atoms with van der Waals surface area (Å²) < 4.78 is 27.8. The highest BCUT2D eigenvalue weighted by atomic mass is 35.5. The van der Waals surface area contributed by atoms with E-state index in [1.165, 1.54) is 24.3 Å². The molecular weight excluding hydrogens is 332 g/mol. The molecule has 22 heavy (non-hydrogen) atoms. The first kappa shape index (κ1) is 16.9. The van der Waals surface area contributed by atoms with Crippen molar-refractivity contribution in [3.63, 3.8) is 0 Å². The van der Waals surface area contributed by atoms with E-state index in [0.717, 1.165) is 12.1 Å². The summed E-state index contributed by atoms with van der Waals surface area (Å²) in [7, 11) is 0. The number of hydrogen-bond acceptors (Lipinski definition) is 3. The van der Waals surface area contributed by atoms with Crippen LogP contribution in [0.5, 0.6) is 0 Å². The van der Waals surface area contributed by atoms with E-state index < -0.39 is 29.6 Å². The average molecular weight is 346 g/mol. The molecule has 1 aromatic heterocycles. The summed E-state index contributed by atoms with van der Waals surface area (Å²) in [5.74, 6) is -3.10. The lowest BCUT2D eigenvalue weighted by Crippen LogP contribution is -2.32. The maximum atomic E-state index is 13.6. The molecular formula is C15H14ClF2NO2S. The van der Waals surface area contributed by atoms with Crippen molar-refractivity contribution in [2.45, 2.75) is 18.9 Å². The van der Waals surface area contributed by atoms with Crippen LogP contribution < -0.4 is 5.32 Å². The highest BCUT2D eigenvalue weighted by molar-refractivity contribution is 7.16. The number of benzene rings is 1. The highest BCUT2D eigenvalue weighted by Gasteiger charge is 2.23. The highest BCUT2D eigenvalue weighted by Crippen LogP contribution is 2.27. The molecule has 1 heterocycles. The van der Waals surface area contributed by atoms with E-state index in [1.807, 2.05) is 0 Å². The summed E-state index contributed by atoms with van der Waals surface area (Å²) in [6.45, 7) is 1.35. The molecule has 3 nitrogen and oxygen atoms in total. The molecule has 0 saturated heterocycles. The van der Waals surface area contributed by atoms with Crippen LogP contribution in [0.1, 0.15) is 29.4 Å². The van der Waals surface area contributed by atoms with Crippen LogP contribution in [0.15, 0.2) is 30.3 Å². The number of thiophene rings is 1. The van der Waals surface area contributed by atoms with Gasteiger partial charge in [0, 0.05) is 17.0 Å². The lowest BCUT2D eigenvalue weighted by molar-refractivity contribution is -0.122. The minimum Gasteiger partial charge on any atom is -0.386 e. The number of amides is 1. The van der Waals surface area contributed by atoms with Crippen LogP contribution >= 0.6 is 22.9 Å². The van der Waals surface area contributed by atoms with Crippen molar-refractivity contribution in [1.29, 1.82) is 0 Å². The van der Waals surface area contributed by atoms with E-state index in [1.54, 1.807) is 12.1 Å². The van der Waals surface area contributed by atoms with Crippen molar-refractivity contribution >= 4 is 28.8 Å². The summed E-state index contributed by atoms with van der Waals surface area (Å²) in [6, 6.07) is 6.74. The molecule has 7 heteroatoms. The number of carbonyl (C=O) groups is 1. The number of aliphatic hydroxyl groups excluding tert-OH is 1. The van der Waals surface area contributed by atoms with Crippen molar-refractivity contribution in [2.75, 3.05) is 6.54 Å². The molecule has 0 fully saturated rings. The van der Waals surface area contributed by atoms with E-state index in [2.05, 4.69) is 5.32 Å². The largest absolute Gasteiger partial charge is 0.386 e. The van der Waals surface area contributed by atoms with Crippen molar-refractivity contribution in [3.05, 3.63) is 56.7 Å². The van der Waals surface area contributed by atoms with Crippen LogP contribution in [0, 0.1) is 11.6 Å². The van der Waals surface area contributed by atoms with E-state index in [4.69, 9.17) is 11.6 Å². The lowest BCUT2D eigenvalue weighted by atomic mass is 9.99. The van der Waals surface area contributed by atoms with Gasteiger partial charge in [-0.1, -0.05) is 17.7 Å². The fourth-order valence-electron chi connectivity index (χ4n) is 2.01. The van der Waals surface area contributed by atoms with Crippen LogP contribution in [-0.2, 0) is 4.79 Å². The molecule has 1 amide bonds. The van der Waals surface area contributed by atoms with Crippen LogP contribution in [0.4, 0.5) is 8.78 Å². The third-order valence-corrected chi connectivity index (χ3v) is 4.55. The quantitative estimate of drug-likeness (QED) is 0.869. The Morgan fingerprint density at radius 3 is 2.50 bits per heavy atom. The molecule has 0 radical (unpaired) electrons. The number of hydrogen-bond donors (Lipinski definition) is 2. The van der Waals surface area contributed by atoms with Crippen LogP contribution in [0.25, 0.3) is 0 Å². The third kappa shape index (κ3) is 3.82. The number of nitrogens with one attached hydrogen (secondary N) is 1. The third-order valence-electron chi connectivity index (χ3n) is 3.22. The van der Waals surface area contributed by atoms with Crippen molar-refractivity contribution in [2.24, 2.45) is 0 Å². The molecule has 2 rings (SSSR count). The van der Waals surface area contributed by atoms with Gasteiger partial charge in [0.15, 0.2) is 0 Å². The van der Waals surface area contributed by atoms with Crippen molar-refractivity contribution in [3.8, 4) is 0 Å². The van der Waals surface area contributed by atoms with Gasteiger partial charge >= 0.3 is 0 Å². The Hall–Kier alpha value is -1.50. The molecule has 0 aliphatic heterocycles. The van der Waals surface area contributed by atoms with Gasteiger partial charge in [0.2, 0.25) is 5.91 Å².